The van der Waals surface area contributed by atoms with Crippen LogP contribution in [0.4, 0.5) is 5.82 Å². The number of halogens is 2. The molecule has 0 amide bonds. The number of nitrogens with one attached hydrogen (secondary N) is 1. The second-order valence-corrected chi connectivity index (χ2v) is 4.52. The van der Waals surface area contributed by atoms with Crippen molar-refractivity contribution < 1.29 is 4.52 Å². The minimum absolute atomic E-state index is 0.0351. The predicted octanol–water partition coefficient (Wildman–Crippen LogP) is 2.96. The van der Waals surface area contributed by atoms with E-state index in [-0.39, 0.29) is 16.5 Å². The molecule has 18 heavy (non-hydrogen) atoms. The Morgan fingerprint density at radius 3 is 2.56 bits per heavy atom. The molecule has 8 heteroatoms. The molecule has 0 bridgehead atoms. The van der Waals surface area contributed by atoms with Gasteiger partial charge >= 0.3 is 0 Å². The van der Waals surface area contributed by atoms with Gasteiger partial charge in [0.25, 0.3) is 0 Å². The van der Waals surface area contributed by atoms with Crippen LogP contribution in [-0.2, 0) is 0 Å². The van der Waals surface area contributed by atoms with Crippen LogP contribution in [0.25, 0.3) is 0 Å². The van der Waals surface area contributed by atoms with Crippen molar-refractivity contribution >= 4 is 29.0 Å². The van der Waals surface area contributed by atoms with E-state index in [1.54, 1.807) is 0 Å². The van der Waals surface area contributed by atoms with Crippen molar-refractivity contribution in [2.24, 2.45) is 0 Å². The summed E-state index contributed by atoms with van der Waals surface area (Å²) in [6.07, 6.45) is 0. The first kappa shape index (κ1) is 13.0. The highest BCUT2D eigenvalue weighted by Crippen LogP contribution is 2.26. The molecule has 2 rings (SSSR count). The van der Waals surface area contributed by atoms with E-state index >= 15 is 0 Å². The molecule has 96 valence electrons. The molecular formula is C10H11Cl2N5O. The molecule has 2 aromatic rings. The molecule has 0 aromatic carbocycles. The van der Waals surface area contributed by atoms with Crippen molar-refractivity contribution in [3.05, 3.63) is 27.5 Å². The van der Waals surface area contributed by atoms with Gasteiger partial charge in [-0.2, -0.15) is 4.98 Å². The van der Waals surface area contributed by atoms with E-state index in [0.717, 1.165) is 17.0 Å². The third-order valence-electron chi connectivity index (χ3n) is 2.49. The summed E-state index contributed by atoms with van der Waals surface area (Å²) >= 11 is 11.6. The summed E-state index contributed by atoms with van der Waals surface area (Å²) < 4.78 is 5.11. The van der Waals surface area contributed by atoms with Crippen LogP contribution >= 0.6 is 23.2 Å². The number of aromatic nitrogens is 4. The molecular weight excluding hydrogens is 277 g/mol. The summed E-state index contributed by atoms with van der Waals surface area (Å²) in [5.41, 5.74) is 1.78. The summed E-state index contributed by atoms with van der Waals surface area (Å²) in [5.74, 6) is 1.13. The zero-order valence-corrected chi connectivity index (χ0v) is 11.5. The van der Waals surface area contributed by atoms with Crippen molar-refractivity contribution in [2.45, 2.75) is 26.8 Å². The number of anilines is 1. The van der Waals surface area contributed by atoms with Gasteiger partial charge in [-0.05, 0) is 32.4 Å². The Hall–Kier alpha value is -1.40. The SMILES string of the molecule is Cc1noc(C)c1C(C)Nc1nc(Cl)nnc1Cl. The third kappa shape index (κ3) is 2.54. The molecule has 0 aliphatic carbocycles. The van der Waals surface area contributed by atoms with E-state index < -0.39 is 0 Å². The monoisotopic (exact) mass is 287 g/mol. The molecule has 2 aromatic heterocycles. The maximum atomic E-state index is 5.88. The molecule has 1 N–H and O–H groups in total. The third-order valence-corrected chi connectivity index (χ3v) is 2.91. The highest BCUT2D eigenvalue weighted by atomic mass is 35.5. The normalized spacial score (nSPS) is 12.5. The zero-order chi connectivity index (χ0) is 13.3. The molecule has 1 unspecified atom stereocenters. The second kappa shape index (κ2) is 5.07. The lowest BCUT2D eigenvalue weighted by atomic mass is 10.1. The predicted molar refractivity (Wildman–Crippen MR) is 67.9 cm³/mol. The quantitative estimate of drug-likeness (QED) is 0.935. The number of hydrogen-bond acceptors (Lipinski definition) is 6. The van der Waals surface area contributed by atoms with E-state index in [9.17, 15) is 0 Å². The van der Waals surface area contributed by atoms with Crippen molar-refractivity contribution in [3.8, 4) is 0 Å². The molecule has 0 fully saturated rings. The molecule has 0 saturated carbocycles. The Labute approximate surface area is 114 Å². The molecule has 0 radical (unpaired) electrons. The summed E-state index contributed by atoms with van der Waals surface area (Å²) in [4.78, 5) is 3.98. The van der Waals surface area contributed by atoms with E-state index in [2.05, 4.69) is 25.7 Å². The van der Waals surface area contributed by atoms with Crippen LogP contribution in [-0.4, -0.2) is 20.3 Å². The summed E-state index contributed by atoms with van der Waals surface area (Å²) in [6.45, 7) is 5.66. The van der Waals surface area contributed by atoms with Crippen LogP contribution in [0, 0.1) is 13.8 Å². The average Bonchev–Trinajstić information content (AvgIpc) is 2.63. The van der Waals surface area contributed by atoms with Gasteiger partial charge in [-0.25, -0.2) is 0 Å². The van der Waals surface area contributed by atoms with Crippen molar-refractivity contribution in [2.75, 3.05) is 5.32 Å². The summed E-state index contributed by atoms with van der Waals surface area (Å²) in [6, 6.07) is -0.0819. The standard InChI is InChI=1S/C10H11Cl2N5O/c1-4(7-5(2)17-18-6(7)3)13-9-8(11)15-16-10(12)14-9/h4H,1-3H3,(H,13,14,16). The first-order chi connectivity index (χ1) is 8.49. The topological polar surface area (TPSA) is 76.7 Å². The Balaban J connectivity index is 2.26. The Bertz CT molecular complexity index is 552. The van der Waals surface area contributed by atoms with E-state index in [1.165, 1.54) is 0 Å². The van der Waals surface area contributed by atoms with Crippen molar-refractivity contribution in [3.63, 3.8) is 0 Å². The molecule has 6 nitrogen and oxygen atoms in total. The fourth-order valence-corrected chi connectivity index (χ4v) is 2.03. The van der Waals surface area contributed by atoms with Gasteiger partial charge in [-0.1, -0.05) is 16.8 Å². The smallest absolute Gasteiger partial charge is 0.245 e. The maximum absolute atomic E-state index is 5.88. The first-order valence-corrected chi connectivity index (χ1v) is 5.99. The van der Waals surface area contributed by atoms with Crippen molar-refractivity contribution in [1.82, 2.24) is 20.3 Å². The largest absolute Gasteiger partial charge is 0.361 e. The van der Waals surface area contributed by atoms with Crippen LogP contribution < -0.4 is 5.32 Å². The number of nitrogens with zero attached hydrogens (tertiary/aromatic N) is 4. The molecule has 0 aliphatic heterocycles. The van der Waals surface area contributed by atoms with Gasteiger partial charge in [0.1, 0.15) is 5.76 Å². The van der Waals surface area contributed by atoms with E-state index in [4.69, 9.17) is 27.7 Å². The Morgan fingerprint density at radius 1 is 1.22 bits per heavy atom. The van der Waals surface area contributed by atoms with Crippen LogP contribution in [0.3, 0.4) is 0 Å². The Morgan fingerprint density at radius 2 is 1.94 bits per heavy atom. The Kier molecular flexibility index (Phi) is 3.68. The van der Waals surface area contributed by atoms with Crippen LogP contribution in [0.5, 0.6) is 0 Å². The minimum Gasteiger partial charge on any atom is -0.361 e. The van der Waals surface area contributed by atoms with Crippen LogP contribution in [0.1, 0.15) is 30.0 Å². The highest BCUT2D eigenvalue weighted by molar-refractivity contribution is 6.32. The number of aryl methyl sites for hydroxylation is 2. The number of rotatable bonds is 3. The zero-order valence-electron chi connectivity index (χ0n) is 10.0. The maximum Gasteiger partial charge on any atom is 0.245 e. The molecule has 0 aliphatic rings. The minimum atomic E-state index is -0.0819. The fourth-order valence-electron chi connectivity index (χ4n) is 1.77. The average molecular weight is 288 g/mol. The summed E-state index contributed by atoms with van der Waals surface area (Å²) in [7, 11) is 0. The molecule has 2 heterocycles. The van der Waals surface area contributed by atoms with E-state index in [1.807, 2.05) is 20.8 Å². The van der Waals surface area contributed by atoms with Crippen LogP contribution in [0.15, 0.2) is 4.52 Å². The van der Waals surface area contributed by atoms with Gasteiger partial charge in [-0.15, -0.1) is 10.2 Å². The van der Waals surface area contributed by atoms with Gasteiger partial charge < -0.3 is 9.84 Å². The van der Waals surface area contributed by atoms with Gasteiger partial charge in [0.2, 0.25) is 5.28 Å². The lowest BCUT2D eigenvalue weighted by Crippen LogP contribution is -2.11. The number of hydrogen-bond donors (Lipinski definition) is 1. The highest BCUT2D eigenvalue weighted by Gasteiger charge is 2.18. The van der Waals surface area contributed by atoms with E-state index in [0.29, 0.717) is 5.82 Å². The molecule has 0 spiro atoms. The molecule has 1 atom stereocenters. The second-order valence-electron chi connectivity index (χ2n) is 3.82. The fraction of sp³-hybridized carbons (Fsp3) is 0.400. The van der Waals surface area contributed by atoms with Crippen LogP contribution in [0.2, 0.25) is 10.4 Å². The van der Waals surface area contributed by atoms with Gasteiger partial charge in [0.15, 0.2) is 11.0 Å². The van der Waals surface area contributed by atoms with Gasteiger partial charge in [-0.3, -0.25) is 0 Å². The molecule has 0 saturated heterocycles. The lowest BCUT2D eigenvalue weighted by Gasteiger charge is -2.14. The lowest BCUT2D eigenvalue weighted by molar-refractivity contribution is 0.392. The first-order valence-electron chi connectivity index (χ1n) is 5.24. The van der Waals surface area contributed by atoms with Gasteiger partial charge in [0, 0.05) is 5.56 Å². The van der Waals surface area contributed by atoms with Crippen molar-refractivity contribution in [1.29, 1.82) is 0 Å². The summed E-state index contributed by atoms with van der Waals surface area (Å²) in [5, 5.41) is 14.4. The van der Waals surface area contributed by atoms with Gasteiger partial charge in [0.05, 0.1) is 11.7 Å².